The Morgan fingerprint density at radius 1 is 0.818 bits per heavy atom. The van der Waals surface area contributed by atoms with Crippen molar-refractivity contribution in [3.05, 3.63) is 0 Å². The van der Waals surface area contributed by atoms with Crippen LogP contribution in [0.3, 0.4) is 0 Å². The highest BCUT2D eigenvalue weighted by atomic mass is 33.1. The van der Waals surface area contributed by atoms with Gasteiger partial charge >= 0.3 is 11.9 Å². The first kappa shape index (κ1) is 21.6. The first-order chi connectivity index (χ1) is 10.2. The Bertz CT molecular complexity index is 309. The summed E-state index contributed by atoms with van der Waals surface area (Å²) in [6.45, 7) is 7.18. The van der Waals surface area contributed by atoms with E-state index in [0.717, 1.165) is 11.5 Å². The molecule has 0 bridgehead atoms. The van der Waals surface area contributed by atoms with E-state index in [9.17, 15) is 9.59 Å². The lowest BCUT2D eigenvalue weighted by Crippen LogP contribution is -2.34. The van der Waals surface area contributed by atoms with Gasteiger partial charge in [-0.15, -0.1) is 0 Å². The SMILES string of the molecule is CC(C)OC(=O)[C@@H](N)CCSSCC[C@H](N)C(=O)OC(C)C. The average Bonchev–Trinajstić information content (AvgIpc) is 2.40. The lowest BCUT2D eigenvalue weighted by Gasteiger charge is -2.14. The Balaban J connectivity index is 3.65. The van der Waals surface area contributed by atoms with Crippen molar-refractivity contribution in [2.75, 3.05) is 11.5 Å². The van der Waals surface area contributed by atoms with Gasteiger partial charge in [-0.05, 0) is 40.5 Å². The Labute approximate surface area is 140 Å². The molecule has 0 fully saturated rings. The number of carbonyl (C=O) groups is 2. The number of ether oxygens (including phenoxy) is 2. The molecular formula is C14H28N2O4S2. The molecule has 8 heteroatoms. The molecule has 0 saturated carbocycles. The summed E-state index contributed by atoms with van der Waals surface area (Å²) in [5.41, 5.74) is 11.5. The van der Waals surface area contributed by atoms with Crippen molar-refractivity contribution in [1.82, 2.24) is 0 Å². The summed E-state index contributed by atoms with van der Waals surface area (Å²) in [7, 11) is 3.21. The molecule has 0 aromatic heterocycles. The predicted molar refractivity (Wildman–Crippen MR) is 92.6 cm³/mol. The fourth-order valence-electron chi connectivity index (χ4n) is 1.34. The first-order valence-electron chi connectivity index (χ1n) is 7.40. The van der Waals surface area contributed by atoms with Crippen molar-refractivity contribution in [3.63, 3.8) is 0 Å². The molecule has 0 unspecified atom stereocenters. The molecule has 0 heterocycles. The van der Waals surface area contributed by atoms with Gasteiger partial charge in [-0.3, -0.25) is 9.59 Å². The molecule has 0 aromatic carbocycles. The number of carbonyl (C=O) groups excluding carboxylic acids is 2. The lowest BCUT2D eigenvalue weighted by molar-refractivity contribution is -0.149. The third kappa shape index (κ3) is 11.2. The van der Waals surface area contributed by atoms with E-state index in [1.807, 2.05) is 0 Å². The minimum Gasteiger partial charge on any atom is -0.462 e. The second-order valence-corrected chi connectivity index (χ2v) is 8.11. The molecule has 0 radical (unpaired) electrons. The van der Waals surface area contributed by atoms with Gasteiger partial charge in [0.1, 0.15) is 12.1 Å². The molecule has 0 rings (SSSR count). The highest BCUT2D eigenvalue weighted by Gasteiger charge is 2.17. The third-order valence-electron chi connectivity index (χ3n) is 2.42. The molecular weight excluding hydrogens is 324 g/mol. The van der Waals surface area contributed by atoms with Crippen LogP contribution in [0.15, 0.2) is 0 Å². The van der Waals surface area contributed by atoms with E-state index in [4.69, 9.17) is 20.9 Å². The van der Waals surface area contributed by atoms with Crippen LogP contribution in [0, 0.1) is 0 Å². The van der Waals surface area contributed by atoms with Crippen LogP contribution < -0.4 is 11.5 Å². The van der Waals surface area contributed by atoms with E-state index in [-0.39, 0.29) is 24.1 Å². The number of rotatable bonds is 11. The smallest absolute Gasteiger partial charge is 0.323 e. The van der Waals surface area contributed by atoms with E-state index in [0.29, 0.717) is 12.8 Å². The Kier molecular flexibility index (Phi) is 11.8. The maximum Gasteiger partial charge on any atom is 0.323 e. The second-order valence-electron chi connectivity index (χ2n) is 5.41. The zero-order chi connectivity index (χ0) is 17.1. The van der Waals surface area contributed by atoms with Gasteiger partial charge in [0.2, 0.25) is 0 Å². The van der Waals surface area contributed by atoms with Crippen LogP contribution in [0.2, 0.25) is 0 Å². The zero-order valence-electron chi connectivity index (χ0n) is 13.7. The van der Waals surface area contributed by atoms with Gasteiger partial charge in [-0.1, -0.05) is 21.6 Å². The zero-order valence-corrected chi connectivity index (χ0v) is 15.4. The number of hydrogen-bond acceptors (Lipinski definition) is 8. The lowest BCUT2D eigenvalue weighted by atomic mass is 10.2. The second kappa shape index (κ2) is 12.0. The van der Waals surface area contributed by atoms with Crippen LogP contribution in [0.4, 0.5) is 0 Å². The fourth-order valence-corrected chi connectivity index (χ4v) is 3.56. The van der Waals surface area contributed by atoms with Crippen LogP contribution in [0.1, 0.15) is 40.5 Å². The molecule has 0 amide bonds. The number of esters is 2. The summed E-state index contributed by atoms with van der Waals surface area (Å²) in [6.07, 6.45) is 0.829. The van der Waals surface area contributed by atoms with Crippen LogP contribution >= 0.6 is 21.6 Å². The normalized spacial score (nSPS) is 14.0. The number of hydrogen-bond donors (Lipinski definition) is 2. The van der Waals surface area contributed by atoms with E-state index >= 15 is 0 Å². The Morgan fingerprint density at radius 2 is 1.14 bits per heavy atom. The van der Waals surface area contributed by atoms with Gasteiger partial charge in [0.15, 0.2) is 0 Å². The minimum absolute atomic E-state index is 0.146. The summed E-state index contributed by atoms with van der Waals surface area (Å²) in [5.74, 6) is 0.758. The molecule has 0 aliphatic carbocycles. The van der Waals surface area contributed by atoms with Crippen molar-refractivity contribution < 1.29 is 19.1 Å². The highest BCUT2D eigenvalue weighted by molar-refractivity contribution is 8.76. The highest BCUT2D eigenvalue weighted by Crippen LogP contribution is 2.23. The summed E-state index contributed by atoms with van der Waals surface area (Å²) in [6, 6.07) is -1.17. The molecule has 0 saturated heterocycles. The molecule has 0 spiro atoms. The molecule has 22 heavy (non-hydrogen) atoms. The predicted octanol–water partition coefficient (Wildman–Crippen LogP) is 1.71. The van der Waals surface area contributed by atoms with E-state index in [1.165, 1.54) is 0 Å². The molecule has 4 N–H and O–H groups in total. The van der Waals surface area contributed by atoms with Crippen molar-refractivity contribution in [3.8, 4) is 0 Å². The average molecular weight is 353 g/mol. The fraction of sp³-hybridized carbons (Fsp3) is 0.857. The Hall–Kier alpha value is -0.440. The van der Waals surface area contributed by atoms with E-state index in [1.54, 1.807) is 49.3 Å². The first-order valence-corrected chi connectivity index (χ1v) is 9.89. The van der Waals surface area contributed by atoms with Crippen LogP contribution in [0.5, 0.6) is 0 Å². The van der Waals surface area contributed by atoms with Crippen molar-refractivity contribution in [2.45, 2.75) is 64.8 Å². The minimum atomic E-state index is -0.584. The van der Waals surface area contributed by atoms with E-state index < -0.39 is 12.1 Å². The molecule has 2 atom stereocenters. The van der Waals surface area contributed by atoms with Crippen molar-refractivity contribution in [1.29, 1.82) is 0 Å². The van der Waals surface area contributed by atoms with Crippen LogP contribution in [-0.4, -0.2) is 47.7 Å². The third-order valence-corrected chi connectivity index (χ3v) is 4.89. The van der Waals surface area contributed by atoms with Gasteiger partial charge in [0, 0.05) is 11.5 Å². The van der Waals surface area contributed by atoms with Gasteiger partial charge < -0.3 is 20.9 Å². The van der Waals surface area contributed by atoms with Crippen molar-refractivity contribution in [2.24, 2.45) is 11.5 Å². The molecule has 0 aliphatic heterocycles. The van der Waals surface area contributed by atoms with Gasteiger partial charge in [-0.2, -0.15) is 0 Å². The van der Waals surface area contributed by atoms with E-state index in [2.05, 4.69) is 0 Å². The molecule has 0 aliphatic rings. The summed E-state index contributed by atoms with van der Waals surface area (Å²) in [4.78, 5) is 23.0. The monoisotopic (exact) mass is 352 g/mol. The summed E-state index contributed by atoms with van der Waals surface area (Å²) >= 11 is 0. The summed E-state index contributed by atoms with van der Waals surface area (Å²) < 4.78 is 10.1. The quantitative estimate of drug-likeness (QED) is 0.329. The molecule has 130 valence electrons. The van der Waals surface area contributed by atoms with Gasteiger partial charge in [0.05, 0.1) is 12.2 Å². The van der Waals surface area contributed by atoms with Crippen LogP contribution in [-0.2, 0) is 19.1 Å². The maximum absolute atomic E-state index is 11.5. The standard InChI is InChI=1S/C14H28N2O4S2/c1-9(2)19-13(17)11(15)5-7-21-22-8-6-12(16)14(18)20-10(3)4/h9-12H,5-8,15-16H2,1-4H3/t11-,12-/m0/s1. The Morgan fingerprint density at radius 3 is 1.41 bits per heavy atom. The maximum atomic E-state index is 11.5. The van der Waals surface area contributed by atoms with Crippen LogP contribution in [0.25, 0.3) is 0 Å². The molecule has 0 aromatic rings. The van der Waals surface area contributed by atoms with Gasteiger partial charge in [-0.25, -0.2) is 0 Å². The topological polar surface area (TPSA) is 105 Å². The summed E-state index contributed by atoms with van der Waals surface area (Å²) in [5, 5.41) is 0. The largest absolute Gasteiger partial charge is 0.462 e. The van der Waals surface area contributed by atoms with Gasteiger partial charge in [0.25, 0.3) is 0 Å². The number of nitrogens with two attached hydrogens (primary N) is 2. The van der Waals surface area contributed by atoms with Crippen molar-refractivity contribution >= 4 is 33.5 Å². The molecule has 6 nitrogen and oxygen atoms in total.